The van der Waals surface area contributed by atoms with Crippen molar-refractivity contribution < 1.29 is 19.4 Å². The smallest absolute Gasteiger partial charge is 0.306 e. The zero-order valence-electron chi connectivity index (χ0n) is 11.0. The second-order valence-electron chi connectivity index (χ2n) is 4.86. The average molecular weight is 257 g/mol. The highest BCUT2D eigenvalue weighted by molar-refractivity contribution is 5.77. The van der Waals surface area contributed by atoms with Crippen molar-refractivity contribution in [1.29, 1.82) is 0 Å². The predicted octanol–water partition coefficient (Wildman–Crippen LogP) is 1.56. The zero-order chi connectivity index (χ0) is 13.4. The van der Waals surface area contributed by atoms with Gasteiger partial charge in [0.15, 0.2) is 0 Å². The minimum absolute atomic E-state index is 0.0927. The van der Waals surface area contributed by atoms with Gasteiger partial charge in [-0.25, -0.2) is 0 Å². The van der Waals surface area contributed by atoms with E-state index in [1.54, 1.807) is 0 Å². The number of ether oxygens (including phenoxy) is 1. The summed E-state index contributed by atoms with van der Waals surface area (Å²) in [5.41, 5.74) is 0. The van der Waals surface area contributed by atoms with Crippen LogP contribution in [0.25, 0.3) is 0 Å². The number of nitrogens with one attached hydrogen (secondary N) is 1. The van der Waals surface area contributed by atoms with Crippen LogP contribution in [-0.2, 0) is 14.3 Å². The van der Waals surface area contributed by atoms with Crippen LogP contribution in [0.2, 0.25) is 0 Å². The van der Waals surface area contributed by atoms with Crippen molar-refractivity contribution in [3.63, 3.8) is 0 Å². The van der Waals surface area contributed by atoms with Crippen molar-refractivity contribution >= 4 is 11.9 Å². The van der Waals surface area contributed by atoms with Crippen molar-refractivity contribution in [2.45, 2.75) is 51.5 Å². The minimum Gasteiger partial charge on any atom is -0.481 e. The van der Waals surface area contributed by atoms with Gasteiger partial charge in [-0.15, -0.1) is 0 Å². The van der Waals surface area contributed by atoms with Gasteiger partial charge in [-0.2, -0.15) is 0 Å². The highest BCUT2D eigenvalue weighted by atomic mass is 16.5. The second-order valence-corrected chi connectivity index (χ2v) is 4.86. The lowest BCUT2D eigenvalue weighted by atomic mass is 9.86. The standard InChI is InChI=1S/C13H23NO4/c1-2-3-8-18-9-12(15)14-11-6-4-10(5-7-11)13(16)17/h10-11H,2-9H2,1H3,(H,14,15)(H,16,17). The molecule has 0 unspecified atom stereocenters. The first kappa shape index (κ1) is 15.0. The van der Waals surface area contributed by atoms with E-state index in [4.69, 9.17) is 9.84 Å². The number of carbonyl (C=O) groups is 2. The molecule has 2 N–H and O–H groups in total. The Hall–Kier alpha value is -1.10. The maximum absolute atomic E-state index is 11.5. The number of unbranched alkanes of at least 4 members (excludes halogenated alkanes) is 1. The van der Waals surface area contributed by atoms with Crippen molar-refractivity contribution in [1.82, 2.24) is 5.32 Å². The molecule has 0 aromatic heterocycles. The topological polar surface area (TPSA) is 75.6 Å². The van der Waals surface area contributed by atoms with E-state index in [9.17, 15) is 9.59 Å². The summed E-state index contributed by atoms with van der Waals surface area (Å²) in [5.74, 6) is -1.05. The van der Waals surface area contributed by atoms with E-state index in [0.717, 1.165) is 25.7 Å². The highest BCUT2D eigenvalue weighted by Gasteiger charge is 2.26. The third-order valence-electron chi connectivity index (χ3n) is 3.32. The summed E-state index contributed by atoms with van der Waals surface area (Å²) in [4.78, 5) is 22.3. The molecular formula is C13H23NO4. The molecule has 1 fully saturated rings. The van der Waals surface area contributed by atoms with Crippen LogP contribution in [0.15, 0.2) is 0 Å². The summed E-state index contributed by atoms with van der Waals surface area (Å²) < 4.78 is 5.23. The number of carboxylic acids is 1. The molecule has 1 rings (SSSR count). The zero-order valence-corrected chi connectivity index (χ0v) is 11.0. The molecule has 0 bridgehead atoms. The molecule has 18 heavy (non-hydrogen) atoms. The quantitative estimate of drug-likeness (QED) is 0.679. The van der Waals surface area contributed by atoms with Crippen LogP contribution in [0.1, 0.15) is 45.4 Å². The fraction of sp³-hybridized carbons (Fsp3) is 0.846. The fourth-order valence-corrected chi connectivity index (χ4v) is 2.17. The van der Waals surface area contributed by atoms with Crippen LogP contribution in [-0.4, -0.2) is 36.2 Å². The van der Waals surface area contributed by atoms with Crippen molar-refractivity contribution in [2.24, 2.45) is 5.92 Å². The van der Waals surface area contributed by atoms with Gasteiger partial charge in [0.2, 0.25) is 5.91 Å². The van der Waals surface area contributed by atoms with Gasteiger partial charge in [-0.1, -0.05) is 13.3 Å². The fourth-order valence-electron chi connectivity index (χ4n) is 2.17. The number of carboxylic acid groups (broad SMARTS) is 1. The molecule has 0 atom stereocenters. The van der Waals surface area contributed by atoms with Gasteiger partial charge in [-0.05, 0) is 32.1 Å². The largest absolute Gasteiger partial charge is 0.481 e. The molecule has 1 aliphatic carbocycles. The van der Waals surface area contributed by atoms with Gasteiger partial charge in [0, 0.05) is 12.6 Å². The summed E-state index contributed by atoms with van der Waals surface area (Å²) in [6, 6.07) is 0.114. The van der Waals surface area contributed by atoms with Crippen molar-refractivity contribution in [3.05, 3.63) is 0 Å². The van der Waals surface area contributed by atoms with E-state index in [2.05, 4.69) is 12.2 Å². The van der Waals surface area contributed by atoms with Crippen LogP contribution in [0.5, 0.6) is 0 Å². The number of hydrogen-bond donors (Lipinski definition) is 2. The monoisotopic (exact) mass is 257 g/mol. The number of aliphatic carboxylic acids is 1. The summed E-state index contributed by atoms with van der Waals surface area (Å²) in [5, 5.41) is 11.8. The SMILES string of the molecule is CCCCOCC(=O)NC1CCC(C(=O)O)CC1. The van der Waals surface area contributed by atoms with Crippen molar-refractivity contribution in [3.8, 4) is 0 Å². The van der Waals surface area contributed by atoms with E-state index >= 15 is 0 Å². The Morgan fingerprint density at radius 1 is 1.28 bits per heavy atom. The van der Waals surface area contributed by atoms with E-state index in [1.807, 2.05) is 0 Å². The first-order chi connectivity index (χ1) is 8.63. The van der Waals surface area contributed by atoms with Crippen LogP contribution in [0, 0.1) is 5.92 Å². The molecule has 0 aromatic carbocycles. The highest BCUT2D eigenvalue weighted by Crippen LogP contribution is 2.24. The maximum atomic E-state index is 11.5. The van der Waals surface area contributed by atoms with Crippen LogP contribution in [0.4, 0.5) is 0 Å². The lowest BCUT2D eigenvalue weighted by Gasteiger charge is -2.26. The lowest BCUT2D eigenvalue weighted by molar-refractivity contribution is -0.142. The van der Waals surface area contributed by atoms with Gasteiger partial charge in [-0.3, -0.25) is 9.59 Å². The Bertz CT molecular complexity index is 272. The van der Waals surface area contributed by atoms with E-state index < -0.39 is 5.97 Å². The lowest BCUT2D eigenvalue weighted by Crippen LogP contribution is -2.40. The molecule has 0 aliphatic heterocycles. The molecule has 5 nitrogen and oxygen atoms in total. The molecule has 0 spiro atoms. The normalized spacial score (nSPS) is 23.6. The number of rotatable bonds is 7. The summed E-state index contributed by atoms with van der Waals surface area (Å²) in [6.45, 7) is 2.80. The van der Waals surface area contributed by atoms with Gasteiger partial charge in [0.05, 0.1) is 5.92 Å². The number of carbonyl (C=O) groups excluding carboxylic acids is 1. The molecule has 0 radical (unpaired) electrons. The first-order valence-corrected chi connectivity index (χ1v) is 6.73. The molecule has 104 valence electrons. The van der Waals surface area contributed by atoms with E-state index in [1.165, 1.54) is 0 Å². The summed E-state index contributed by atoms with van der Waals surface area (Å²) in [6.07, 6.45) is 4.82. The molecule has 1 aliphatic rings. The van der Waals surface area contributed by atoms with Gasteiger partial charge < -0.3 is 15.2 Å². The Kier molecular flexibility index (Phi) is 6.72. The molecule has 0 aromatic rings. The Balaban J connectivity index is 2.12. The Labute approximate surface area is 108 Å². The molecule has 1 saturated carbocycles. The first-order valence-electron chi connectivity index (χ1n) is 6.73. The third-order valence-corrected chi connectivity index (χ3v) is 3.32. The predicted molar refractivity (Wildman–Crippen MR) is 67.3 cm³/mol. The molecule has 0 heterocycles. The van der Waals surface area contributed by atoms with Gasteiger partial charge >= 0.3 is 5.97 Å². The van der Waals surface area contributed by atoms with Crippen LogP contribution < -0.4 is 5.32 Å². The van der Waals surface area contributed by atoms with Crippen LogP contribution >= 0.6 is 0 Å². The maximum Gasteiger partial charge on any atom is 0.306 e. The minimum atomic E-state index is -0.720. The Morgan fingerprint density at radius 3 is 2.50 bits per heavy atom. The number of amides is 1. The second kappa shape index (κ2) is 8.08. The van der Waals surface area contributed by atoms with Crippen molar-refractivity contribution in [2.75, 3.05) is 13.2 Å². The Morgan fingerprint density at radius 2 is 1.94 bits per heavy atom. The summed E-state index contributed by atoms with van der Waals surface area (Å²) >= 11 is 0. The summed E-state index contributed by atoms with van der Waals surface area (Å²) in [7, 11) is 0. The molecule has 5 heteroatoms. The average Bonchev–Trinajstić information content (AvgIpc) is 2.35. The third kappa shape index (κ3) is 5.49. The van der Waals surface area contributed by atoms with Crippen LogP contribution in [0.3, 0.4) is 0 Å². The molecular weight excluding hydrogens is 234 g/mol. The number of hydrogen-bond acceptors (Lipinski definition) is 3. The van der Waals surface area contributed by atoms with E-state index in [0.29, 0.717) is 19.4 Å². The molecule has 1 amide bonds. The van der Waals surface area contributed by atoms with Gasteiger partial charge in [0.25, 0.3) is 0 Å². The molecule has 0 saturated heterocycles. The van der Waals surface area contributed by atoms with Gasteiger partial charge in [0.1, 0.15) is 6.61 Å². The van der Waals surface area contributed by atoms with E-state index in [-0.39, 0.29) is 24.5 Å².